The van der Waals surface area contributed by atoms with Gasteiger partial charge in [-0.25, -0.2) is 0 Å². The van der Waals surface area contributed by atoms with Crippen molar-refractivity contribution in [2.75, 3.05) is 20.3 Å². The Labute approximate surface area is 172 Å². The van der Waals surface area contributed by atoms with Crippen LogP contribution in [0.15, 0.2) is 23.8 Å². The lowest BCUT2D eigenvalue weighted by Crippen LogP contribution is -2.41. The molecule has 0 spiro atoms. The van der Waals surface area contributed by atoms with Gasteiger partial charge in [0.25, 0.3) is 11.8 Å². The van der Waals surface area contributed by atoms with E-state index in [9.17, 15) is 14.9 Å². The van der Waals surface area contributed by atoms with Gasteiger partial charge in [0.05, 0.1) is 7.11 Å². The molecule has 1 aliphatic rings. The number of nitrogens with one attached hydrogen (secondary N) is 2. The number of benzene rings is 1. The molecule has 0 aliphatic heterocycles. The van der Waals surface area contributed by atoms with Gasteiger partial charge in [-0.05, 0) is 49.5 Å². The summed E-state index contributed by atoms with van der Waals surface area (Å²) in [6.07, 6.45) is 5.83. The minimum Gasteiger partial charge on any atom is -0.493 e. The monoisotopic (exact) mass is 399 g/mol. The normalized spacial score (nSPS) is 19.0. The summed E-state index contributed by atoms with van der Waals surface area (Å²) in [5.74, 6) is 0.659. The topological polar surface area (TPSA) is 100 Å². The van der Waals surface area contributed by atoms with Crippen LogP contribution in [0.1, 0.15) is 45.1 Å². The molecule has 0 radical (unpaired) electrons. The molecular formula is C22H29N3O4. The summed E-state index contributed by atoms with van der Waals surface area (Å²) < 4.78 is 10.8. The fourth-order valence-electron chi connectivity index (χ4n) is 3.38. The molecule has 0 bridgehead atoms. The number of rotatable bonds is 8. The average molecular weight is 399 g/mol. The molecule has 1 fully saturated rings. The standard InChI is InChI=1S/C22H29N3O4/c1-4-24-21(26)14-29-19-10-9-16(12-20(19)28-3)11-17(13-23)22(27)25-18-8-6-5-7-15(18)2/h9-12,15,18H,4-8,14H2,1-3H3,(H,24,26)(H,25,27)/b17-11+/t15-,18+/m0/s1. The van der Waals surface area contributed by atoms with Crippen LogP contribution in [0, 0.1) is 17.2 Å². The van der Waals surface area contributed by atoms with Gasteiger partial charge in [0.2, 0.25) is 0 Å². The van der Waals surface area contributed by atoms with E-state index in [0.717, 1.165) is 19.3 Å². The zero-order chi connectivity index (χ0) is 21.2. The van der Waals surface area contributed by atoms with Gasteiger partial charge in [-0.1, -0.05) is 25.8 Å². The molecule has 2 rings (SSSR count). The van der Waals surface area contributed by atoms with Crippen molar-refractivity contribution in [3.8, 4) is 17.6 Å². The van der Waals surface area contributed by atoms with Crippen LogP contribution in [0.2, 0.25) is 0 Å². The number of hydrogen-bond donors (Lipinski definition) is 2. The zero-order valence-electron chi connectivity index (χ0n) is 17.3. The largest absolute Gasteiger partial charge is 0.493 e. The summed E-state index contributed by atoms with van der Waals surface area (Å²) >= 11 is 0. The van der Waals surface area contributed by atoms with E-state index in [-0.39, 0.29) is 30.0 Å². The Morgan fingerprint density at radius 2 is 2.03 bits per heavy atom. The number of carbonyl (C=O) groups is 2. The second kappa shape index (κ2) is 11.1. The number of nitriles is 1. The number of amides is 2. The third-order valence-corrected chi connectivity index (χ3v) is 5.02. The van der Waals surface area contributed by atoms with E-state index in [0.29, 0.717) is 29.5 Å². The molecule has 29 heavy (non-hydrogen) atoms. The lowest BCUT2D eigenvalue weighted by Gasteiger charge is -2.29. The highest BCUT2D eigenvalue weighted by molar-refractivity contribution is 6.01. The summed E-state index contributed by atoms with van der Waals surface area (Å²) in [6.45, 7) is 4.37. The predicted octanol–water partition coefficient (Wildman–Crippen LogP) is 2.81. The first-order valence-electron chi connectivity index (χ1n) is 9.98. The van der Waals surface area contributed by atoms with Gasteiger partial charge in [-0.3, -0.25) is 9.59 Å². The molecule has 2 amide bonds. The number of hydrogen-bond acceptors (Lipinski definition) is 5. The van der Waals surface area contributed by atoms with Gasteiger partial charge >= 0.3 is 0 Å². The lowest BCUT2D eigenvalue weighted by molar-refractivity contribution is -0.123. The van der Waals surface area contributed by atoms with Crippen LogP contribution in [-0.4, -0.2) is 38.1 Å². The molecule has 0 saturated heterocycles. The maximum absolute atomic E-state index is 12.6. The molecule has 7 heteroatoms. The van der Waals surface area contributed by atoms with Gasteiger partial charge in [-0.2, -0.15) is 5.26 Å². The van der Waals surface area contributed by atoms with E-state index in [1.807, 2.05) is 13.0 Å². The number of methoxy groups -OCH3 is 1. The third-order valence-electron chi connectivity index (χ3n) is 5.02. The smallest absolute Gasteiger partial charge is 0.262 e. The van der Waals surface area contributed by atoms with Crippen molar-refractivity contribution < 1.29 is 19.1 Å². The first-order chi connectivity index (χ1) is 14.0. The van der Waals surface area contributed by atoms with Gasteiger partial charge in [-0.15, -0.1) is 0 Å². The molecule has 0 heterocycles. The van der Waals surface area contributed by atoms with Crippen LogP contribution in [0.25, 0.3) is 6.08 Å². The summed E-state index contributed by atoms with van der Waals surface area (Å²) in [5.41, 5.74) is 0.677. The Hall–Kier alpha value is -3.01. The Kier molecular flexibility index (Phi) is 8.53. The molecule has 7 nitrogen and oxygen atoms in total. The molecule has 1 saturated carbocycles. The SMILES string of the molecule is CCNC(=O)COc1ccc(/C=C(\C#N)C(=O)N[C@@H]2CCCC[C@@H]2C)cc1OC. The lowest BCUT2D eigenvalue weighted by atomic mass is 9.86. The summed E-state index contributed by atoms with van der Waals surface area (Å²) in [5, 5.41) is 15.1. The van der Waals surface area contributed by atoms with Crippen LogP contribution < -0.4 is 20.1 Å². The van der Waals surface area contributed by atoms with Gasteiger partial charge < -0.3 is 20.1 Å². The minimum absolute atomic E-state index is 0.0424. The number of likely N-dealkylation sites (N-methyl/N-ethyl adjacent to an activating group) is 1. The van der Waals surface area contributed by atoms with E-state index in [1.54, 1.807) is 18.2 Å². The van der Waals surface area contributed by atoms with E-state index in [1.165, 1.54) is 19.6 Å². The van der Waals surface area contributed by atoms with Gasteiger partial charge in [0.1, 0.15) is 11.6 Å². The number of carbonyl (C=O) groups excluding carboxylic acids is 2. The van der Waals surface area contributed by atoms with Crippen molar-refractivity contribution in [1.82, 2.24) is 10.6 Å². The highest BCUT2D eigenvalue weighted by atomic mass is 16.5. The second-order valence-electron chi connectivity index (χ2n) is 7.16. The predicted molar refractivity (Wildman–Crippen MR) is 110 cm³/mol. The fourth-order valence-corrected chi connectivity index (χ4v) is 3.38. The highest BCUT2D eigenvalue weighted by Gasteiger charge is 2.24. The maximum Gasteiger partial charge on any atom is 0.262 e. The molecule has 1 aromatic carbocycles. The van der Waals surface area contributed by atoms with Crippen molar-refractivity contribution in [2.24, 2.45) is 5.92 Å². The van der Waals surface area contributed by atoms with Gasteiger partial charge in [0.15, 0.2) is 18.1 Å². The minimum atomic E-state index is -0.359. The first kappa shape index (κ1) is 22.3. The van der Waals surface area contributed by atoms with Crippen molar-refractivity contribution in [3.05, 3.63) is 29.3 Å². The Balaban J connectivity index is 2.10. The van der Waals surface area contributed by atoms with Crippen LogP contribution in [0.3, 0.4) is 0 Å². The van der Waals surface area contributed by atoms with Crippen LogP contribution in [-0.2, 0) is 9.59 Å². The van der Waals surface area contributed by atoms with Crippen LogP contribution in [0.4, 0.5) is 0 Å². The maximum atomic E-state index is 12.6. The van der Waals surface area contributed by atoms with Crippen LogP contribution >= 0.6 is 0 Å². The third kappa shape index (κ3) is 6.53. The zero-order valence-corrected chi connectivity index (χ0v) is 17.3. The Morgan fingerprint density at radius 1 is 1.28 bits per heavy atom. The molecule has 2 atom stereocenters. The Morgan fingerprint density at radius 3 is 2.69 bits per heavy atom. The van der Waals surface area contributed by atoms with Crippen molar-refractivity contribution in [3.63, 3.8) is 0 Å². The molecular weight excluding hydrogens is 370 g/mol. The van der Waals surface area contributed by atoms with Crippen molar-refractivity contribution in [1.29, 1.82) is 5.26 Å². The molecule has 156 valence electrons. The van der Waals surface area contributed by atoms with Crippen molar-refractivity contribution >= 4 is 17.9 Å². The average Bonchev–Trinajstić information content (AvgIpc) is 2.72. The molecule has 1 aromatic rings. The second-order valence-corrected chi connectivity index (χ2v) is 7.16. The summed E-state index contributed by atoms with van der Waals surface area (Å²) in [7, 11) is 1.49. The molecule has 0 aromatic heterocycles. The van der Waals surface area contributed by atoms with Crippen LogP contribution in [0.5, 0.6) is 11.5 Å². The van der Waals surface area contributed by atoms with E-state index < -0.39 is 0 Å². The fraction of sp³-hybridized carbons (Fsp3) is 0.500. The summed E-state index contributed by atoms with van der Waals surface area (Å²) in [6, 6.07) is 7.12. The summed E-state index contributed by atoms with van der Waals surface area (Å²) in [4.78, 5) is 24.1. The quantitative estimate of drug-likeness (QED) is 0.517. The van der Waals surface area contributed by atoms with Gasteiger partial charge in [0, 0.05) is 12.6 Å². The molecule has 0 unspecified atom stereocenters. The first-order valence-corrected chi connectivity index (χ1v) is 9.98. The van der Waals surface area contributed by atoms with E-state index in [2.05, 4.69) is 17.6 Å². The number of ether oxygens (including phenoxy) is 2. The highest BCUT2D eigenvalue weighted by Crippen LogP contribution is 2.29. The molecule has 2 N–H and O–H groups in total. The van der Waals surface area contributed by atoms with Crippen molar-refractivity contribution in [2.45, 2.75) is 45.6 Å². The Bertz CT molecular complexity index is 798. The van der Waals surface area contributed by atoms with E-state index >= 15 is 0 Å². The molecule has 1 aliphatic carbocycles. The number of nitrogens with zero attached hydrogens (tertiary/aromatic N) is 1. The van der Waals surface area contributed by atoms with E-state index in [4.69, 9.17) is 9.47 Å².